The molecule has 0 fully saturated rings. The molecule has 1 atom stereocenters. The first-order valence-corrected chi connectivity index (χ1v) is 8.30. The summed E-state index contributed by atoms with van der Waals surface area (Å²) >= 11 is 0. The highest BCUT2D eigenvalue weighted by Crippen LogP contribution is 2.30. The summed E-state index contributed by atoms with van der Waals surface area (Å²) in [6, 6.07) is 5.42. The van der Waals surface area contributed by atoms with E-state index in [1.807, 2.05) is 12.1 Å². The fraction of sp³-hybridized carbons (Fsp3) is 0.556. The van der Waals surface area contributed by atoms with Gasteiger partial charge in [0.15, 0.2) is 5.82 Å². The molecule has 0 saturated carbocycles. The number of hydrogen-bond acceptors (Lipinski definition) is 2. The number of hydrogen-bond donors (Lipinski definition) is 0. The van der Waals surface area contributed by atoms with Crippen molar-refractivity contribution in [1.82, 2.24) is 14.8 Å². The molecule has 1 aromatic heterocycles. The van der Waals surface area contributed by atoms with Gasteiger partial charge >= 0.3 is 0 Å². The van der Waals surface area contributed by atoms with Gasteiger partial charge < -0.3 is 4.57 Å². The van der Waals surface area contributed by atoms with Crippen LogP contribution in [-0.2, 0) is 13.0 Å². The molecule has 1 aliphatic rings. The molecule has 3 rings (SSSR count). The Labute approximate surface area is 131 Å². The van der Waals surface area contributed by atoms with Gasteiger partial charge in [0.25, 0.3) is 0 Å². The van der Waals surface area contributed by atoms with Crippen molar-refractivity contribution in [3.05, 3.63) is 35.4 Å². The Morgan fingerprint density at radius 1 is 1.09 bits per heavy atom. The second kappa shape index (κ2) is 6.19. The van der Waals surface area contributed by atoms with Crippen molar-refractivity contribution in [3.8, 4) is 11.4 Å². The zero-order valence-corrected chi connectivity index (χ0v) is 13.6. The summed E-state index contributed by atoms with van der Waals surface area (Å²) in [5.41, 5.74) is 1.75. The summed E-state index contributed by atoms with van der Waals surface area (Å²) in [5.74, 6) is 2.39. The molecule has 2 aromatic rings. The number of benzene rings is 1. The lowest BCUT2D eigenvalue weighted by molar-refractivity contribution is 0.533. The van der Waals surface area contributed by atoms with E-state index in [-0.39, 0.29) is 5.82 Å². The molecule has 0 saturated heterocycles. The molecule has 2 heterocycles. The Balaban J connectivity index is 2.05. The van der Waals surface area contributed by atoms with Crippen LogP contribution in [0.4, 0.5) is 4.39 Å². The van der Waals surface area contributed by atoms with Crippen LogP contribution in [0.3, 0.4) is 0 Å². The van der Waals surface area contributed by atoms with E-state index in [0.717, 1.165) is 37.2 Å². The summed E-state index contributed by atoms with van der Waals surface area (Å²) in [6.07, 6.45) is 4.40. The van der Waals surface area contributed by atoms with E-state index in [1.54, 1.807) is 6.07 Å². The van der Waals surface area contributed by atoms with E-state index in [0.29, 0.717) is 23.2 Å². The van der Waals surface area contributed by atoms with E-state index in [1.165, 1.54) is 6.42 Å². The monoisotopic (exact) mass is 301 g/mol. The SMILES string of the molecule is CC(C)C(C)c1ccc(F)c(-c2nnc3n2CCCCC3)c1. The summed E-state index contributed by atoms with van der Waals surface area (Å²) in [7, 11) is 0. The number of nitrogens with zero attached hydrogens (tertiary/aromatic N) is 3. The molecule has 3 nitrogen and oxygen atoms in total. The zero-order valence-electron chi connectivity index (χ0n) is 13.6. The molecular formula is C18H24FN3. The van der Waals surface area contributed by atoms with Crippen LogP contribution in [0.25, 0.3) is 11.4 Å². The van der Waals surface area contributed by atoms with Gasteiger partial charge in [-0.05, 0) is 42.4 Å². The number of aryl methyl sites for hydroxylation is 1. The largest absolute Gasteiger partial charge is 0.311 e. The lowest BCUT2D eigenvalue weighted by atomic mass is 9.89. The van der Waals surface area contributed by atoms with Crippen molar-refractivity contribution in [2.75, 3.05) is 0 Å². The molecule has 0 spiro atoms. The maximum atomic E-state index is 14.4. The van der Waals surface area contributed by atoms with Crippen LogP contribution in [0.1, 0.15) is 57.3 Å². The molecule has 1 unspecified atom stereocenters. The third-order valence-corrected chi connectivity index (χ3v) is 4.87. The Morgan fingerprint density at radius 2 is 1.91 bits per heavy atom. The first kappa shape index (κ1) is 15.2. The van der Waals surface area contributed by atoms with E-state index >= 15 is 0 Å². The van der Waals surface area contributed by atoms with Crippen molar-refractivity contribution in [1.29, 1.82) is 0 Å². The lowest BCUT2D eigenvalue weighted by Crippen LogP contribution is -2.06. The molecule has 0 aliphatic carbocycles. The lowest BCUT2D eigenvalue weighted by Gasteiger charge is -2.17. The van der Waals surface area contributed by atoms with Crippen molar-refractivity contribution in [2.45, 2.75) is 58.9 Å². The second-order valence-electron chi connectivity index (χ2n) is 6.67. The van der Waals surface area contributed by atoms with E-state index < -0.39 is 0 Å². The third kappa shape index (κ3) is 2.79. The Kier molecular flexibility index (Phi) is 4.27. The fourth-order valence-electron chi connectivity index (χ4n) is 3.07. The Morgan fingerprint density at radius 3 is 2.68 bits per heavy atom. The normalized spacial score (nSPS) is 16.4. The first-order valence-electron chi connectivity index (χ1n) is 8.30. The van der Waals surface area contributed by atoms with Crippen molar-refractivity contribution >= 4 is 0 Å². The van der Waals surface area contributed by atoms with Gasteiger partial charge in [0.1, 0.15) is 11.6 Å². The smallest absolute Gasteiger partial charge is 0.166 e. The van der Waals surface area contributed by atoms with Gasteiger partial charge in [0, 0.05) is 13.0 Å². The number of rotatable bonds is 3. The van der Waals surface area contributed by atoms with Gasteiger partial charge in [0.2, 0.25) is 0 Å². The maximum Gasteiger partial charge on any atom is 0.166 e. The summed E-state index contributed by atoms with van der Waals surface area (Å²) < 4.78 is 16.5. The highest BCUT2D eigenvalue weighted by atomic mass is 19.1. The zero-order chi connectivity index (χ0) is 15.7. The van der Waals surface area contributed by atoms with Crippen LogP contribution >= 0.6 is 0 Å². The third-order valence-electron chi connectivity index (χ3n) is 4.87. The quantitative estimate of drug-likeness (QED) is 0.831. The fourth-order valence-corrected chi connectivity index (χ4v) is 3.07. The average molecular weight is 301 g/mol. The highest BCUT2D eigenvalue weighted by Gasteiger charge is 2.20. The van der Waals surface area contributed by atoms with Gasteiger partial charge in [-0.15, -0.1) is 10.2 Å². The van der Waals surface area contributed by atoms with Gasteiger partial charge in [0.05, 0.1) is 5.56 Å². The van der Waals surface area contributed by atoms with Gasteiger partial charge in [-0.3, -0.25) is 0 Å². The van der Waals surface area contributed by atoms with Gasteiger partial charge in [-0.2, -0.15) is 0 Å². The summed E-state index contributed by atoms with van der Waals surface area (Å²) in [5, 5.41) is 8.58. The standard InChI is InChI=1S/C18H24FN3/c1-12(2)13(3)14-8-9-16(19)15(11-14)18-21-20-17-7-5-4-6-10-22(17)18/h8-9,11-13H,4-7,10H2,1-3H3. The van der Waals surface area contributed by atoms with E-state index in [9.17, 15) is 4.39 Å². The summed E-state index contributed by atoms with van der Waals surface area (Å²) in [4.78, 5) is 0. The van der Waals surface area contributed by atoms with Crippen molar-refractivity contribution < 1.29 is 4.39 Å². The van der Waals surface area contributed by atoms with E-state index in [2.05, 4.69) is 35.5 Å². The van der Waals surface area contributed by atoms with Crippen LogP contribution in [0.5, 0.6) is 0 Å². The predicted molar refractivity (Wildman–Crippen MR) is 86.2 cm³/mol. The van der Waals surface area contributed by atoms with E-state index in [4.69, 9.17) is 0 Å². The summed E-state index contributed by atoms with van der Waals surface area (Å²) in [6.45, 7) is 7.46. The highest BCUT2D eigenvalue weighted by molar-refractivity contribution is 5.58. The molecule has 0 N–H and O–H groups in total. The number of fused-ring (bicyclic) bond motifs is 1. The number of halogens is 1. The molecule has 22 heavy (non-hydrogen) atoms. The molecule has 1 aliphatic heterocycles. The maximum absolute atomic E-state index is 14.4. The molecule has 0 bridgehead atoms. The molecule has 0 amide bonds. The van der Waals surface area contributed by atoms with Gasteiger partial charge in [-0.25, -0.2) is 4.39 Å². The van der Waals surface area contributed by atoms with Gasteiger partial charge in [-0.1, -0.05) is 33.3 Å². The predicted octanol–water partition coefficient (Wildman–Crippen LogP) is 4.57. The van der Waals surface area contributed by atoms with Crippen LogP contribution in [0.15, 0.2) is 18.2 Å². The Hall–Kier alpha value is -1.71. The molecule has 0 radical (unpaired) electrons. The second-order valence-corrected chi connectivity index (χ2v) is 6.67. The van der Waals surface area contributed by atoms with Crippen molar-refractivity contribution in [2.24, 2.45) is 5.92 Å². The average Bonchev–Trinajstić information content (AvgIpc) is 2.75. The van der Waals surface area contributed by atoms with Crippen LogP contribution in [0, 0.1) is 11.7 Å². The Bertz CT molecular complexity index is 660. The minimum Gasteiger partial charge on any atom is -0.311 e. The molecular weight excluding hydrogens is 277 g/mol. The molecule has 4 heteroatoms. The first-order chi connectivity index (χ1) is 10.6. The topological polar surface area (TPSA) is 30.7 Å². The minimum atomic E-state index is -0.209. The van der Waals surface area contributed by atoms with Crippen LogP contribution < -0.4 is 0 Å². The molecule has 118 valence electrons. The minimum absolute atomic E-state index is 0.209. The molecule has 1 aromatic carbocycles. The van der Waals surface area contributed by atoms with Crippen LogP contribution in [-0.4, -0.2) is 14.8 Å². The van der Waals surface area contributed by atoms with Crippen LogP contribution in [0.2, 0.25) is 0 Å². The number of aromatic nitrogens is 3. The van der Waals surface area contributed by atoms with Crippen molar-refractivity contribution in [3.63, 3.8) is 0 Å².